The monoisotopic (exact) mass is 194 g/mol. The Bertz CT molecular complexity index is 366. The molecule has 14 heavy (non-hydrogen) atoms. The smallest absolute Gasteiger partial charge is 0.357 e. The van der Waals surface area contributed by atoms with Crippen LogP contribution in [-0.2, 0) is 14.3 Å². The van der Waals surface area contributed by atoms with Crippen LogP contribution in [0, 0.1) is 0 Å². The van der Waals surface area contributed by atoms with Crippen LogP contribution in [0.2, 0.25) is 0 Å². The molecule has 0 saturated carbocycles. The van der Waals surface area contributed by atoms with Crippen molar-refractivity contribution in [1.82, 2.24) is 0 Å². The summed E-state index contributed by atoms with van der Waals surface area (Å²) in [4.78, 5) is 29.8. The SMILES string of the molecule is C=C1C(=O)N=C(C)N=C1C(=O)OCC. The normalized spacial score (nSPS) is 16.1. The Kier molecular flexibility index (Phi) is 2.91. The highest BCUT2D eigenvalue weighted by Crippen LogP contribution is 2.07. The summed E-state index contributed by atoms with van der Waals surface area (Å²) >= 11 is 0. The third kappa shape index (κ3) is 1.93. The maximum Gasteiger partial charge on any atom is 0.357 e. The van der Waals surface area contributed by atoms with Gasteiger partial charge in [0.25, 0.3) is 5.91 Å². The molecule has 0 unspecified atom stereocenters. The molecule has 0 fully saturated rings. The van der Waals surface area contributed by atoms with Crippen molar-refractivity contribution < 1.29 is 14.3 Å². The zero-order chi connectivity index (χ0) is 10.7. The number of esters is 1. The minimum absolute atomic E-state index is 0.0194. The molecule has 1 heterocycles. The molecule has 0 aromatic carbocycles. The van der Waals surface area contributed by atoms with E-state index in [1.54, 1.807) is 6.92 Å². The molecule has 0 spiro atoms. The van der Waals surface area contributed by atoms with Gasteiger partial charge in [-0.2, -0.15) is 4.99 Å². The number of nitrogens with zero attached hydrogens (tertiary/aromatic N) is 2. The Hall–Kier alpha value is -1.78. The molecule has 5 nitrogen and oxygen atoms in total. The molecule has 1 aliphatic rings. The van der Waals surface area contributed by atoms with Crippen LogP contribution in [0.15, 0.2) is 22.1 Å². The van der Waals surface area contributed by atoms with E-state index in [0.29, 0.717) is 0 Å². The van der Waals surface area contributed by atoms with Gasteiger partial charge in [-0.1, -0.05) is 6.58 Å². The summed E-state index contributed by atoms with van der Waals surface area (Å²) in [5, 5.41) is 0. The van der Waals surface area contributed by atoms with E-state index in [1.807, 2.05) is 0 Å². The standard InChI is InChI=1S/C9H10N2O3/c1-4-14-9(13)7-5(2)8(12)11-6(3)10-7/h2,4H2,1,3H3. The first-order valence-electron chi connectivity index (χ1n) is 4.11. The van der Waals surface area contributed by atoms with Crippen LogP contribution >= 0.6 is 0 Å². The summed E-state index contributed by atoms with van der Waals surface area (Å²) in [6.07, 6.45) is 0. The summed E-state index contributed by atoms with van der Waals surface area (Å²) < 4.78 is 4.71. The van der Waals surface area contributed by atoms with Crippen molar-refractivity contribution in [2.45, 2.75) is 13.8 Å². The number of ether oxygens (including phenoxy) is 1. The molecule has 0 aliphatic carbocycles. The molecule has 5 heteroatoms. The molecule has 0 aromatic heterocycles. The number of rotatable bonds is 2. The molecule has 0 bridgehead atoms. The van der Waals surface area contributed by atoms with Gasteiger partial charge in [0.05, 0.1) is 12.2 Å². The lowest BCUT2D eigenvalue weighted by Gasteiger charge is -2.09. The summed E-state index contributed by atoms with van der Waals surface area (Å²) in [6.45, 7) is 6.86. The molecule has 0 saturated heterocycles. The number of aliphatic imine (C=N–C) groups is 2. The lowest BCUT2D eigenvalue weighted by Crippen LogP contribution is -2.27. The molecule has 74 valence electrons. The average molecular weight is 194 g/mol. The van der Waals surface area contributed by atoms with E-state index in [9.17, 15) is 9.59 Å². The molecular weight excluding hydrogens is 184 g/mol. The number of amides is 1. The highest BCUT2D eigenvalue weighted by Gasteiger charge is 2.25. The molecule has 0 radical (unpaired) electrons. The van der Waals surface area contributed by atoms with E-state index in [-0.39, 0.29) is 23.7 Å². The average Bonchev–Trinajstić information content (AvgIpc) is 2.11. The van der Waals surface area contributed by atoms with Gasteiger partial charge in [-0.3, -0.25) is 4.79 Å². The Morgan fingerprint density at radius 2 is 2.14 bits per heavy atom. The quantitative estimate of drug-likeness (QED) is 0.475. The highest BCUT2D eigenvalue weighted by molar-refractivity contribution is 6.52. The molecule has 1 rings (SSSR count). The Morgan fingerprint density at radius 3 is 2.71 bits per heavy atom. The second-order valence-corrected chi connectivity index (χ2v) is 2.62. The second-order valence-electron chi connectivity index (χ2n) is 2.62. The largest absolute Gasteiger partial charge is 0.461 e. The fourth-order valence-electron chi connectivity index (χ4n) is 0.938. The van der Waals surface area contributed by atoms with Crippen LogP contribution < -0.4 is 0 Å². The van der Waals surface area contributed by atoms with Gasteiger partial charge >= 0.3 is 5.97 Å². The van der Waals surface area contributed by atoms with Crippen LogP contribution in [0.25, 0.3) is 0 Å². The maximum atomic E-state index is 11.3. The zero-order valence-corrected chi connectivity index (χ0v) is 8.03. The van der Waals surface area contributed by atoms with E-state index in [0.717, 1.165) is 0 Å². The number of amidine groups is 1. The number of hydrogen-bond donors (Lipinski definition) is 0. The predicted octanol–water partition coefficient (Wildman–Crippen LogP) is 0.505. The molecular formula is C9H10N2O3. The summed E-state index contributed by atoms with van der Waals surface area (Å²) in [5.41, 5.74) is -0.0709. The van der Waals surface area contributed by atoms with E-state index in [4.69, 9.17) is 4.74 Å². The summed E-state index contributed by atoms with van der Waals surface area (Å²) in [6, 6.07) is 0. The van der Waals surface area contributed by atoms with Crippen molar-refractivity contribution in [3.8, 4) is 0 Å². The molecule has 0 N–H and O–H groups in total. The fraction of sp³-hybridized carbons (Fsp3) is 0.333. The van der Waals surface area contributed by atoms with Crippen LogP contribution in [-0.4, -0.2) is 30.0 Å². The lowest BCUT2D eigenvalue weighted by molar-refractivity contribution is -0.135. The molecule has 1 aliphatic heterocycles. The Balaban J connectivity index is 2.97. The van der Waals surface area contributed by atoms with Gasteiger partial charge in [0.2, 0.25) is 0 Å². The van der Waals surface area contributed by atoms with Crippen molar-refractivity contribution >= 4 is 23.4 Å². The number of carbonyl (C=O) groups excluding carboxylic acids is 2. The van der Waals surface area contributed by atoms with Gasteiger partial charge in [-0.05, 0) is 13.8 Å². The van der Waals surface area contributed by atoms with Gasteiger partial charge in [0.15, 0.2) is 5.71 Å². The third-order valence-corrected chi connectivity index (χ3v) is 1.55. The molecule has 0 aromatic rings. The second kappa shape index (κ2) is 3.95. The molecule has 0 atom stereocenters. The highest BCUT2D eigenvalue weighted by atomic mass is 16.5. The molecule has 1 amide bonds. The van der Waals surface area contributed by atoms with Crippen LogP contribution in [0.1, 0.15) is 13.8 Å². The van der Waals surface area contributed by atoms with Crippen LogP contribution in [0.4, 0.5) is 0 Å². The topological polar surface area (TPSA) is 68.1 Å². The van der Waals surface area contributed by atoms with E-state index < -0.39 is 11.9 Å². The van der Waals surface area contributed by atoms with Gasteiger partial charge in [-0.15, -0.1) is 0 Å². The van der Waals surface area contributed by atoms with Crippen molar-refractivity contribution in [2.75, 3.05) is 6.61 Å². The maximum absolute atomic E-state index is 11.3. The van der Waals surface area contributed by atoms with Crippen molar-refractivity contribution in [1.29, 1.82) is 0 Å². The number of hydrogen-bond acceptors (Lipinski definition) is 4. The minimum atomic E-state index is -0.639. The third-order valence-electron chi connectivity index (χ3n) is 1.55. The van der Waals surface area contributed by atoms with Crippen molar-refractivity contribution in [3.05, 3.63) is 12.2 Å². The summed E-state index contributed by atoms with van der Waals surface area (Å²) in [5.74, 6) is -0.939. The zero-order valence-electron chi connectivity index (χ0n) is 8.03. The van der Waals surface area contributed by atoms with Crippen LogP contribution in [0.5, 0.6) is 0 Å². The fourth-order valence-corrected chi connectivity index (χ4v) is 0.938. The lowest BCUT2D eigenvalue weighted by atomic mass is 10.1. The van der Waals surface area contributed by atoms with Crippen molar-refractivity contribution in [2.24, 2.45) is 9.98 Å². The van der Waals surface area contributed by atoms with Crippen LogP contribution in [0.3, 0.4) is 0 Å². The first-order chi connectivity index (χ1) is 6.56. The number of carbonyl (C=O) groups is 2. The van der Waals surface area contributed by atoms with Gasteiger partial charge in [0, 0.05) is 0 Å². The Labute approximate surface area is 81.2 Å². The minimum Gasteiger partial charge on any atom is -0.461 e. The van der Waals surface area contributed by atoms with Crippen molar-refractivity contribution in [3.63, 3.8) is 0 Å². The Morgan fingerprint density at radius 1 is 1.50 bits per heavy atom. The first kappa shape index (κ1) is 10.3. The van der Waals surface area contributed by atoms with Gasteiger partial charge in [-0.25, -0.2) is 9.79 Å². The van der Waals surface area contributed by atoms with E-state index >= 15 is 0 Å². The first-order valence-corrected chi connectivity index (χ1v) is 4.11. The summed E-state index contributed by atoms with van der Waals surface area (Å²) in [7, 11) is 0. The van der Waals surface area contributed by atoms with Gasteiger partial charge in [0.1, 0.15) is 5.84 Å². The van der Waals surface area contributed by atoms with E-state index in [2.05, 4.69) is 16.6 Å². The van der Waals surface area contributed by atoms with Gasteiger partial charge < -0.3 is 4.74 Å². The van der Waals surface area contributed by atoms with E-state index in [1.165, 1.54) is 6.92 Å². The predicted molar refractivity (Wildman–Crippen MR) is 51.3 cm³/mol.